The van der Waals surface area contributed by atoms with E-state index in [4.69, 9.17) is 5.11 Å². The molecule has 0 aliphatic heterocycles. The maximum absolute atomic E-state index is 11.7. The highest BCUT2D eigenvalue weighted by molar-refractivity contribution is 5.81. The van der Waals surface area contributed by atoms with Gasteiger partial charge in [-0.15, -0.1) is 0 Å². The van der Waals surface area contributed by atoms with Crippen LogP contribution in [0.3, 0.4) is 0 Å². The molecule has 6 N–H and O–H groups in total. The predicted molar refractivity (Wildman–Crippen MR) is 96.0 cm³/mol. The Labute approximate surface area is 151 Å². The number of aliphatic hydroxyl groups is 5. The van der Waals surface area contributed by atoms with Crippen molar-refractivity contribution in [3.05, 3.63) is 0 Å². The second kappa shape index (κ2) is 15.5. The van der Waals surface area contributed by atoms with Crippen molar-refractivity contribution in [1.82, 2.24) is 5.32 Å². The van der Waals surface area contributed by atoms with Gasteiger partial charge in [0, 0.05) is 6.54 Å². The normalized spacial score (nSPS) is 16.2. The van der Waals surface area contributed by atoms with E-state index in [0.29, 0.717) is 6.54 Å². The number of rotatable bonds is 16. The zero-order chi connectivity index (χ0) is 19.1. The van der Waals surface area contributed by atoms with Crippen molar-refractivity contribution in [3.63, 3.8) is 0 Å². The number of unbranched alkanes of at least 4 members (excludes halogenated alkanes) is 9. The summed E-state index contributed by atoms with van der Waals surface area (Å²) in [5.74, 6) is -0.799. The van der Waals surface area contributed by atoms with Crippen LogP contribution in [0.1, 0.15) is 71.1 Å². The number of amides is 1. The van der Waals surface area contributed by atoms with Crippen molar-refractivity contribution in [2.24, 2.45) is 0 Å². The first-order chi connectivity index (χ1) is 12.0. The lowest BCUT2D eigenvalue weighted by molar-refractivity contribution is -0.148. The summed E-state index contributed by atoms with van der Waals surface area (Å²) in [7, 11) is 0. The van der Waals surface area contributed by atoms with Gasteiger partial charge in [0.25, 0.3) is 5.91 Å². The van der Waals surface area contributed by atoms with Gasteiger partial charge < -0.3 is 30.8 Å². The molecule has 7 heteroatoms. The molecule has 0 aromatic rings. The molecule has 1 amide bonds. The number of nitrogens with one attached hydrogen (secondary N) is 1. The fourth-order valence-electron chi connectivity index (χ4n) is 2.61. The molecule has 0 radical (unpaired) electrons. The van der Waals surface area contributed by atoms with Gasteiger partial charge in [0.15, 0.2) is 6.10 Å². The third-order valence-electron chi connectivity index (χ3n) is 4.35. The Balaban J connectivity index is 3.66. The minimum Gasteiger partial charge on any atom is -0.394 e. The molecule has 0 saturated heterocycles. The zero-order valence-corrected chi connectivity index (χ0v) is 15.4. The summed E-state index contributed by atoms with van der Waals surface area (Å²) in [4.78, 5) is 11.7. The first-order valence-corrected chi connectivity index (χ1v) is 9.56. The van der Waals surface area contributed by atoms with E-state index in [9.17, 15) is 25.2 Å². The molecule has 0 aliphatic carbocycles. The Kier molecular flexibility index (Phi) is 15.1. The van der Waals surface area contributed by atoms with Crippen molar-refractivity contribution in [3.8, 4) is 0 Å². The third-order valence-corrected chi connectivity index (χ3v) is 4.35. The van der Waals surface area contributed by atoms with E-state index < -0.39 is 36.9 Å². The SMILES string of the molecule is CCCCCCCCCCCCNC(=O)C(O)C(O)C(O)C(O)CO. The maximum Gasteiger partial charge on any atom is 0.251 e. The average molecular weight is 363 g/mol. The number of hydrogen-bond donors (Lipinski definition) is 6. The summed E-state index contributed by atoms with van der Waals surface area (Å²) in [6.07, 6.45) is 4.69. The molecule has 0 bridgehead atoms. The molecular weight excluding hydrogens is 326 g/mol. The number of carbonyl (C=O) groups is 1. The van der Waals surface area contributed by atoms with Gasteiger partial charge in [0.2, 0.25) is 0 Å². The number of aliphatic hydroxyl groups excluding tert-OH is 5. The van der Waals surface area contributed by atoms with Crippen molar-refractivity contribution in [1.29, 1.82) is 0 Å². The van der Waals surface area contributed by atoms with E-state index in [-0.39, 0.29) is 0 Å². The van der Waals surface area contributed by atoms with E-state index in [2.05, 4.69) is 12.2 Å². The standard InChI is InChI=1S/C18H37NO6/c1-2-3-4-5-6-7-8-9-10-11-12-19-18(25)17(24)16(23)15(22)14(21)13-20/h14-17,20-24H,2-13H2,1H3,(H,19,25). The minimum atomic E-state index is -1.85. The van der Waals surface area contributed by atoms with Crippen LogP contribution in [0.2, 0.25) is 0 Å². The Morgan fingerprint density at radius 2 is 1.28 bits per heavy atom. The first kappa shape index (κ1) is 24.3. The van der Waals surface area contributed by atoms with Crippen LogP contribution >= 0.6 is 0 Å². The highest BCUT2D eigenvalue weighted by Gasteiger charge is 2.33. The quantitative estimate of drug-likeness (QED) is 0.221. The van der Waals surface area contributed by atoms with Gasteiger partial charge in [0.1, 0.15) is 18.3 Å². The Hall–Kier alpha value is -0.730. The molecule has 0 aromatic heterocycles. The summed E-state index contributed by atoms with van der Waals surface area (Å²) in [5, 5.41) is 49.1. The lowest BCUT2D eigenvalue weighted by Gasteiger charge is -2.24. The largest absolute Gasteiger partial charge is 0.394 e. The summed E-state index contributed by atoms with van der Waals surface area (Å²) < 4.78 is 0. The molecular formula is C18H37NO6. The number of hydrogen-bond acceptors (Lipinski definition) is 6. The molecule has 4 unspecified atom stereocenters. The van der Waals surface area contributed by atoms with Crippen LogP contribution in [-0.2, 0) is 4.79 Å². The first-order valence-electron chi connectivity index (χ1n) is 9.56. The second-order valence-electron chi connectivity index (χ2n) is 6.65. The topological polar surface area (TPSA) is 130 Å². The Morgan fingerprint density at radius 3 is 1.76 bits per heavy atom. The lowest BCUT2D eigenvalue weighted by Crippen LogP contribution is -2.51. The second-order valence-corrected chi connectivity index (χ2v) is 6.65. The minimum absolute atomic E-state index is 0.387. The van der Waals surface area contributed by atoms with Crippen LogP contribution in [0.4, 0.5) is 0 Å². The zero-order valence-electron chi connectivity index (χ0n) is 15.4. The van der Waals surface area contributed by atoms with Crippen LogP contribution in [-0.4, -0.2) is 69.0 Å². The fraction of sp³-hybridized carbons (Fsp3) is 0.944. The molecule has 0 saturated carbocycles. The third kappa shape index (κ3) is 11.5. The molecule has 0 aliphatic rings. The average Bonchev–Trinajstić information content (AvgIpc) is 2.63. The van der Waals surface area contributed by atoms with Gasteiger partial charge in [-0.05, 0) is 6.42 Å². The molecule has 25 heavy (non-hydrogen) atoms. The van der Waals surface area contributed by atoms with E-state index in [1.807, 2.05) is 0 Å². The van der Waals surface area contributed by atoms with Crippen molar-refractivity contribution < 1.29 is 30.3 Å². The summed E-state index contributed by atoms with van der Waals surface area (Å²) in [5.41, 5.74) is 0. The van der Waals surface area contributed by atoms with Crippen molar-refractivity contribution in [2.45, 2.75) is 95.5 Å². The molecule has 0 aromatic carbocycles. The van der Waals surface area contributed by atoms with Crippen molar-refractivity contribution >= 4 is 5.91 Å². The van der Waals surface area contributed by atoms with Crippen molar-refractivity contribution in [2.75, 3.05) is 13.2 Å². The fourth-order valence-corrected chi connectivity index (χ4v) is 2.61. The van der Waals surface area contributed by atoms with Crippen LogP contribution < -0.4 is 5.32 Å². The highest BCUT2D eigenvalue weighted by Crippen LogP contribution is 2.10. The molecule has 0 fully saturated rings. The number of carbonyl (C=O) groups excluding carboxylic acids is 1. The van der Waals surface area contributed by atoms with Gasteiger partial charge in [-0.3, -0.25) is 4.79 Å². The molecule has 4 atom stereocenters. The Morgan fingerprint density at radius 1 is 0.800 bits per heavy atom. The van der Waals surface area contributed by atoms with Gasteiger partial charge in [-0.2, -0.15) is 0 Å². The molecule has 0 spiro atoms. The molecule has 150 valence electrons. The predicted octanol–water partition coefficient (Wildman–Crippen LogP) is 0.459. The van der Waals surface area contributed by atoms with Crippen LogP contribution in [0, 0.1) is 0 Å². The van der Waals surface area contributed by atoms with Gasteiger partial charge in [-0.25, -0.2) is 0 Å². The van der Waals surface area contributed by atoms with Gasteiger partial charge in [0.05, 0.1) is 6.61 Å². The van der Waals surface area contributed by atoms with E-state index in [0.717, 1.165) is 19.3 Å². The van der Waals surface area contributed by atoms with E-state index in [1.165, 1.54) is 44.9 Å². The monoisotopic (exact) mass is 363 g/mol. The van der Waals surface area contributed by atoms with E-state index in [1.54, 1.807) is 0 Å². The van der Waals surface area contributed by atoms with Crippen LogP contribution in [0.15, 0.2) is 0 Å². The molecule has 7 nitrogen and oxygen atoms in total. The van der Waals surface area contributed by atoms with Gasteiger partial charge >= 0.3 is 0 Å². The van der Waals surface area contributed by atoms with Gasteiger partial charge in [-0.1, -0.05) is 64.7 Å². The van der Waals surface area contributed by atoms with Crippen LogP contribution in [0.25, 0.3) is 0 Å². The van der Waals surface area contributed by atoms with E-state index >= 15 is 0 Å². The maximum atomic E-state index is 11.7. The van der Waals surface area contributed by atoms with Crippen LogP contribution in [0.5, 0.6) is 0 Å². The summed E-state index contributed by atoms with van der Waals surface area (Å²) in [6.45, 7) is 1.82. The summed E-state index contributed by atoms with van der Waals surface area (Å²) in [6, 6.07) is 0. The smallest absolute Gasteiger partial charge is 0.251 e. The molecule has 0 heterocycles. The molecule has 0 rings (SSSR count). The Bertz CT molecular complexity index is 329. The lowest BCUT2D eigenvalue weighted by atomic mass is 10.0. The summed E-state index contributed by atoms with van der Waals surface area (Å²) >= 11 is 0. The highest BCUT2D eigenvalue weighted by atomic mass is 16.4.